The number of hydrazine groups is 1. The molecule has 1 saturated heterocycles. The van der Waals surface area contributed by atoms with Gasteiger partial charge in [0.05, 0.1) is 0 Å². The number of hydrogen-bond acceptors (Lipinski definition) is 4. The van der Waals surface area contributed by atoms with E-state index in [1.54, 1.807) is 24.3 Å². The SMILES string of the molecule is CC1CCC2(CC1)NC(=O)N(NC(=O)[C@@H](C)Oc1cccc(Cl)c1)C2=O. The molecule has 0 radical (unpaired) electrons. The molecular weight excluding hydrogens is 358 g/mol. The van der Waals surface area contributed by atoms with Gasteiger partial charge in [-0.1, -0.05) is 24.6 Å². The van der Waals surface area contributed by atoms with Crippen molar-refractivity contribution in [3.8, 4) is 5.75 Å². The Labute approximate surface area is 157 Å². The molecule has 1 spiro atoms. The van der Waals surface area contributed by atoms with Crippen LogP contribution >= 0.6 is 11.6 Å². The van der Waals surface area contributed by atoms with Gasteiger partial charge in [-0.05, 0) is 56.7 Å². The fraction of sp³-hybridized carbons (Fsp3) is 0.500. The maximum absolute atomic E-state index is 12.7. The first kappa shape index (κ1) is 18.5. The van der Waals surface area contributed by atoms with Crippen LogP contribution in [0.3, 0.4) is 0 Å². The molecule has 2 N–H and O–H groups in total. The van der Waals surface area contributed by atoms with Crippen molar-refractivity contribution in [3.05, 3.63) is 29.3 Å². The average Bonchev–Trinajstić information content (AvgIpc) is 2.82. The Hall–Kier alpha value is -2.28. The van der Waals surface area contributed by atoms with Crippen LogP contribution in [0.1, 0.15) is 39.5 Å². The second-order valence-corrected chi connectivity index (χ2v) is 7.47. The molecule has 1 aromatic rings. The molecule has 1 atom stereocenters. The standard InChI is InChI=1S/C18H22ClN3O4/c1-11-6-8-18(9-7-11)16(24)22(17(25)20-18)21-15(23)12(2)26-14-5-3-4-13(19)10-14/h3-5,10-12H,6-9H2,1-2H3,(H,20,25)(H,21,23)/t11?,12-,18?/m1/s1. The molecule has 26 heavy (non-hydrogen) atoms. The minimum Gasteiger partial charge on any atom is -0.481 e. The molecule has 1 aliphatic heterocycles. The van der Waals surface area contributed by atoms with Crippen molar-refractivity contribution in [2.45, 2.75) is 51.2 Å². The second kappa shape index (κ2) is 7.15. The molecule has 1 aliphatic carbocycles. The van der Waals surface area contributed by atoms with E-state index < -0.39 is 29.5 Å². The van der Waals surface area contributed by atoms with Crippen molar-refractivity contribution in [1.82, 2.24) is 15.8 Å². The highest BCUT2D eigenvalue weighted by molar-refractivity contribution is 6.30. The van der Waals surface area contributed by atoms with E-state index in [2.05, 4.69) is 17.7 Å². The predicted octanol–water partition coefficient (Wildman–Crippen LogP) is 2.64. The quantitative estimate of drug-likeness (QED) is 0.787. The Morgan fingerprint density at radius 3 is 2.73 bits per heavy atom. The maximum atomic E-state index is 12.7. The van der Waals surface area contributed by atoms with E-state index in [-0.39, 0.29) is 0 Å². The van der Waals surface area contributed by atoms with E-state index in [1.165, 1.54) is 6.92 Å². The molecule has 1 aromatic carbocycles. The van der Waals surface area contributed by atoms with Gasteiger partial charge in [0, 0.05) is 5.02 Å². The van der Waals surface area contributed by atoms with Crippen LogP contribution in [0.2, 0.25) is 5.02 Å². The highest BCUT2D eigenvalue weighted by Gasteiger charge is 2.53. The second-order valence-electron chi connectivity index (χ2n) is 7.03. The topological polar surface area (TPSA) is 87.7 Å². The summed E-state index contributed by atoms with van der Waals surface area (Å²) >= 11 is 5.89. The summed E-state index contributed by atoms with van der Waals surface area (Å²) in [4.78, 5) is 37.3. The number of benzene rings is 1. The van der Waals surface area contributed by atoms with Crippen molar-refractivity contribution < 1.29 is 19.1 Å². The summed E-state index contributed by atoms with van der Waals surface area (Å²) in [6.07, 6.45) is 1.99. The average molecular weight is 380 g/mol. The lowest BCUT2D eigenvalue weighted by Gasteiger charge is -2.33. The molecule has 0 aromatic heterocycles. The lowest BCUT2D eigenvalue weighted by molar-refractivity contribution is -0.142. The highest BCUT2D eigenvalue weighted by atomic mass is 35.5. The van der Waals surface area contributed by atoms with Gasteiger partial charge in [0.1, 0.15) is 11.3 Å². The van der Waals surface area contributed by atoms with Gasteiger partial charge < -0.3 is 10.1 Å². The molecule has 4 amide bonds. The molecule has 7 nitrogen and oxygen atoms in total. The Morgan fingerprint density at radius 1 is 1.38 bits per heavy atom. The Morgan fingerprint density at radius 2 is 2.08 bits per heavy atom. The first-order valence-electron chi connectivity index (χ1n) is 8.70. The molecule has 0 unspecified atom stereocenters. The third-order valence-corrected chi connectivity index (χ3v) is 5.22. The first-order valence-corrected chi connectivity index (χ1v) is 9.08. The van der Waals surface area contributed by atoms with Gasteiger partial charge in [0.15, 0.2) is 6.10 Å². The number of rotatable bonds is 4. The summed E-state index contributed by atoms with van der Waals surface area (Å²) in [6, 6.07) is 6.04. The van der Waals surface area contributed by atoms with Crippen LogP contribution in [0.25, 0.3) is 0 Å². The third kappa shape index (κ3) is 3.62. The molecular formula is C18H22ClN3O4. The number of nitrogens with zero attached hydrogens (tertiary/aromatic N) is 1. The highest BCUT2D eigenvalue weighted by Crippen LogP contribution is 2.35. The minimum atomic E-state index is -0.906. The summed E-state index contributed by atoms with van der Waals surface area (Å²) in [6.45, 7) is 3.66. The zero-order valence-corrected chi connectivity index (χ0v) is 15.5. The van der Waals surface area contributed by atoms with Gasteiger partial charge in [-0.15, -0.1) is 0 Å². The van der Waals surface area contributed by atoms with E-state index >= 15 is 0 Å². The Balaban J connectivity index is 1.63. The third-order valence-electron chi connectivity index (χ3n) is 4.99. The van der Waals surface area contributed by atoms with E-state index in [9.17, 15) is 14.4 Å². The van der Waals surface area contributed by atoms with Gasteiger partial charge in [-0.25, -0.2) is 4.79 Å². The molecule has 1 saturated carbocycles. The van der Waals surface area contributed by atoms with Gasteiger partial charge in [0.25, 0.3) is 11.8 Å². The number of urea groups is 1. The zero-order chi connectivity index (χ0) is 18.9. The van der Waals surface area contributed by atoms with Crippen LogP contribution in [0, 0.1) is 5.92 Å². The Kier molecular flexibility index (Phi) is 5.09. The van der Waals surface area contributed by atoms with Crippen LogP contribution in [0.5, 0.6) is 5.75 Å². The number of carbonyl (C=O) groups is 3. The van der Waals surface area contributed by atoms with Crippen LogP contribution in [0.4, 0.5) is 4.79 Å². The monoisotopic (exact) mass is 379 g/mol. The summed E-state index contributed by atoms with van der Waals surface area (Å²) in [7, 11) is 0. The number of nitrogens with one attached hydrogen (secondary N) is 2. The van der Waals surface area contributed by atoms with Crippen molar-refractivity contribution in [2.75, 3.05) is 0 Å². The summed E-state index contributed by atoms with van der Waals surface area (Å²) in [5.41, 5.74) is 1.48. The minimum absolute atomic E-state index is 0.405. The number of halogens is 1. The molecule has 3 rings (SSSR count). The number of hydrogen-bond donors (Lipinski definition) is 2. The van der Waals surface area contributed by atoms with Gasteiger partial charge in [-0.3, -0.25) is 15.0 Å². The number of imide groups is 1. The molecule has 140 valence electrons. The fourth-order valence-electron chi connectivity index (χ4n) is 3.31. The van der Waals surface area contributed by atoms with Gasteiger partial charge in [-0.2, -0.15) is 5.01 Å². The fourth-order valence-corrected chi connectivity index (χ4v) is 3.49. The smallest absolute Gasteiger partial charge is 0.344 e. The van der Waals surface area contributed by atoms with Crippen LogP contribution in [0.15, 0.2) is 24.3 Å². The van der Waals surface area contributed by atoms with Gasteiger partial charge >= 0.3 is 6.03 Å². The van der Waals surface area contributed by atoms with Crippen LogP contribution in [-0.2, 0) is 9.59 Å². The van der Waals surface area contributed by atoms with Crippen molar-refractivity contribution in [2.24, 2.45) is 5.92 Å². The largest absolute Gasteiger partial charge is 0.481 e. The van der Waals surface area contributed by atoms with E-state index in [0.717, 1.165) is 17.9 Å². The first-order chi connectivity index (χ1) is 12.3. The number of carbonyl (C=O) groups excluding carboxylic acids is 3. The summed E-state index contributed by atoms with van der Waals surface area (Å²) in [5, 5.41) is 4.01. The van der Waals surface area contributed by atoms with Crippen LogP contribution < -0.4 is 15.5 Å². The number of ether oxygens (including phenoxy) is 1. The van der Waals surface area contributed by atoms with Crippen molar-refractivity contribution in [3.63, 3.8) is 0 Å². The predicted molar refractivity (Wildman–Crippen MR) is 95.4 cm³/mol. The summed E-state index contributed by atoms with van der Waals surface area (Å²) < 4.78 is 5.52. The van der Waals surface area contributed by atoms with Gasteiger partial charge in [0.2, 0.25) is 0 Å². The van der Waals surface area contributed by atoms with Crippen LogP contribution in [-0.4, -0.2) is 34.5 Å². The van der Waals surface area contributed by atoms with E-state index in [1.807, 2.05) is 0 Å². The van der Waals surface area contributed by atoms with E-state index in [4.69, 9.17) is 16.3 Å². The molecule has 0 bridgehead atoms. The maximum Gasteiger partial charge on any atom is 0.344 e. The Bertz CT molecular complexity index is 731. The van der Waals surface area contributed by atoms with Crippen molar-refractivity contribution in [1.29, 1.82) is 0 Å². The summed E-state index contributed by atoms with van der Waals surface area (Å²) in [5.74, 6) is -0.0393. The normalized spacial score (nSPS) is 26.6. The zero-order valence-electron chi connectivity index (χ0n) is 14.8. The lowest BCUT2D eigenvalue weighted by atomic mass is 9.77. The molecule has 2 fully saturated rings. The molecule has 8 heteroatoms. The molecule has 1 heterocycles. The van der Waals surface area contributed by atoms with E-state index in [0.29, 0.717) is 29.5 Å². The lowest BCUT2D eigenvalue weighted by Crippen LogP contribution is -2.53. The van der Waals surface area contributed by atoms with Crippen molar-refractivity contribution >= 4 is 29.4 Å². The number of amides is 4. The molecule has 2 aliphatic rings.